The predicted octanol–water partition coefficient (Wildman–Crippen LogP) is 5.50. The maximum absolute atomic E-state index is 10.2. The fourth-order valence-corrected chi connectivity index (χ4v) is 3.07. The minimum absolute atomic E-state index is 0.290. The topological polar surface area (TPSA) is 34.4 Å². The average molecular weight is 351 g/mol. The summed E-state index contributed by atoms with van der Waals surface area (Å²) in [7, 11) is 0. The fourth-order valence-electron chi connectivity index (χ4n) is 3.07. The number of nitrogens with zero attached hydrogens (tertiary/aromatic N) is 1. The molecule has 1 unspecified atom stereocenters. The lowest BCUT2D eigenvalue weighted by Gasteiger charge is -2.26. The molecule has 138 valence electrons. The zero-order valence-electron chi connectivity index (χ0n) is 16.4. The predicted molar refractivity (Wildman–Crippen MR) is 109 cm³/mol. The molecule has 0 bridgehead atoms. The number of rotatable bonds is 6. The minimum atomic E-state index is -0.885. The van der Waals surface area contributed by atoms with Crippen molar-refractivity contribution in [3.63, 3.8) is 0 Å². The lowest BCUT2D eigenvalue weighted by Crippen LogP contribution is -2.37. The molecule has 3 aromatic rings. The SMILES string of the molecule is CC(C)Cn1c(-c2ccccc2)cc2ccc(OC(C)C(C)(C)O)cc21. The molecule has 0 fully saturated rings. The van der Waals surface area contributed by atoms with Crippen LogP contribution in [0.25, 0.3) is 22.2 Å². The molecule has 0 aliphatic carbocycles. The van der Waals surface area contributed by atoms with Crippen LogP contribution in [0.15, 0.2) is 54.6 Å². The van der Waals surface area contributed by atoms with Crippen LogP contribution in [0.1, 0.15) is 34.6 Å². The number of benzene rings is 2. The van der Waals surface area contributed by atoms with Crippen LogP contribution in [0.3, 0.4) is 0 Å². The van der Waals surface area contributed by atoms with E-state index >= 15 is 0 Å². The Bertz CT molecular complexity index is 872. The van der Waals surface area contributed by atoms with E-state index in [0.29, 0.717) is 5.92 Å². The molecule has 0 aliphatic rings. The van der Waals surface area contributed by atoms with Gasteiger partial charge in [-0.05, 0) is 50.5 Å². The zero-order valence-corrected chi connectivity index (χ0v) is 16.4. The maximum atomic E-state index is 10.2. The molecule has 1 N–H and O–H groups in total. The van der Waals surface area contributed by atoms with E-state index in [1.807, 2.05) is 19.1 Å². The van der Waals surface area contributed by atoms with Crippen molar-refractivity contribution in [1.29, 1.82) is 0 Å². The van der Waals surface area contributed by atoms with Gasteiger partial charge in [-0.2, -0.15) is 0 Å². The Kier molecular flexibility index (Phi) is 5.10. The maximum Gasteiger partial charge on any atom is 0.124 e. The Balaban J connectivity index is 2.07. The van der Waals surface area contributed by atoms with Crippen molar-refractivity contribution in [2.24, 2.45) is 5.92 Å². The third-order valence-corrected chi connectivity index (χ3v) is 4.80. The fraction of sp³-hybridized carbons (Fsp3) is 0.391. The van der Waals surface area contributed by atoms with Crippen molar-refractivity contribution >= 4 is 10.9 Å². The summed E-state index contributed by atoms with van der Waals surface area (Å²) in [6, 6.07) is 18.9. The van der Waals surface area contributed by atoms with Crippen molar-refractivity contribution in [2.75, 3.05) is 0 Å². The number of hydrogen-bond acceptors (Lipinski definition) is 2. The lowest BCUT2D eigenvalue weighted by molar-refractivity contribution is -0.0240. The molecule has 1 atom stereocenters. The molecular weight excluding hydrogens is 322 g/mol. The molecule has 0 radical (unpaired) electrons. The van der Waals surface area contributed by atoms with Gasteiger partial charge in [-0.1, -0.05) is 44.2 Å². The molecule has 0 spiro atoms. The molecule has 3 heteroatoms. The van der Waals surface area contributed by atoms with Gasteiger partial charge in [0.25, 0.3) is 0 Å². The highest BCUT2D eigenvalue weighted by Crippen LogP contribution is 2.32. The van der Waals surface area contributed by atoms with Gasteiger partial charge < -0.3 is 14.4 Å². The van der Waals surface area contributed by atoms with E-state index in [9.17, 15) is 5.11 Å². The number of aromatic nitrogens is 1. The molecule has 26 heavy (non-hydrogen) atoms. The Labute approximate surface area is 156 Å². The Morgan fingerprint density at radius 3 is 2.31 bits per heavy atom. The first-order valence-electron chi connectivity index (χ1n) is 9.33. The lowest BCUT2D eigenvalue weighted by atomic mass is 10.0. The van der Waals surface area contributed by atoms with Crippen molar-refractivity contribution in [3.8, 4) is 17.0 Å². The first-order chi connectivity index (χ1) is 12.3. The molecule has 3 nitrogen and oxygen atoms in total. The van der Waals surface area contributed by atoms with E-state index in [0.717, 1.165) is 17.8 Å². The summed E-state index contributed by atoms with van der Waals surface area (Å²) in [5, 5.41) is 11.4. The molecule has 0 aliphatic heterocycles. The van der Waals surface area contributed by atoms with Crippen LogP contribution in [0, 0.1) is 5.92 Å². The molecule has 0 saturated heterocycles. The molecule has 0 amide bonds. The summed E-state index contributed by atoms with van der Waals surface area (Å²) in [6.07, 6.45) is -0.290. The molecular formula is C23H29NO2. The average Bonchev–Trinajstić information content (AvgIpc) is 2.92. The van der Waals surface area contributed by atoms with E-state index in [2.05, 4.69) is 60.9 Å². The normalized spacial score (nSPS) is 13.3. The Morgan fingerprint density at radius 2 is 1.69 bits per heavy atom. The molecule has 0 saturated carbocycles. The first kappa shape index (κ1) is 18.5. The first-order valence-corrected chi connectivity index (χ1v) is 9.33. The standard InChI is InChI=1S/C23H29NO2/c1-16(2)15-24-21(18-9-7-6-8-10-18)13-19-11-12-20(14-22(19)24)26-17(3)23(4,5)25/h6-14,16-17,25H,15H2,1-5H3. The van der Waals surface area contributed by atoms with Gasteiger partial charge in [0.1, 0.15) is 11.9 Å². The Morgan fingerprint density at radius 1 is 1.00 bits per heavy atom. The van der Waals surface area contributed by atoms with Crippen LogP contribution in [0.4, 0.5) is 0 Å². The highest BCUT2D eigenvalue weighted by molar-refractivity contribution is 5.88. The Hall–Kier alpha value is -2.26. The third-order valence-electron chi connectivity index (χ3n) is 4.80. The third kappa shape index (κ3) is 3.94. The summed E-state index contributed by atoms with van der Waals surface area (Å²) in [5.74, 6) is 1.32. The monoisotopic (exact) mass is 351 g/mol. The van der Waals surface area contributed by atoms with Crippen LogP contribution in [-0.4, -0.2) is 21.4 Å². The number of hydrogen-bond donors (Lipinski definition) is 1. The van der Waals surface area contributed by atoms with Crippen LogP contribution < -0.4 is 4.74 Å². The quantitative estimate of drug-likeness (QED) is 0.636. The summed E-state index contributed by atoms with van der Waals surface area (Å²) < 4.78 is 8.37. The number of ether oxygens (including phenoxy) is 1. The summed E-state index contributed by atoms with van der Waals surface area (Å²) >= 11 is 0. The van der Waals surface area contributed by atoms with Crippen molar-refractivity contribution in [3.05, 3.63) is 54.6 Å². The second-order valence-electron chi connectivity index (χ2n) is 8.03. The van der Waals surface area contributed by atoms with Crippen LogP contribution in [0.5, 0.6) is 5.75 Å². The summed E-state index contributed by atoms with van der Waals surface area (Å²) in [4.78, 5) is 0. The number of fused-ring (bicyclic) bond motifs is 1. The largest absolute Gasteiger partial charge is 0.488 e. The summed E-state index contributed by atoms with van der Waals surface area (Å²) in [5.41, 5.74) is 2.72. The van der Waals surface area contributed by atoms with E-state index in [1.54, 1.807) is 13.8 Å². The van der Waals surface area contributed by atoms with Gasteiger partial charge in [-0.3, -0.25) is 0 Å². The smallest absolute Gasteiger partial charge is 0.124 e. The van der Waals surface area contributed by atoms with Gasteiger partial charge in [0.05, 0.1) is 11.1 Å². The second-order valence-corrected chi connectivity index (χ2v) is 8.03. The van der Waals surface area contributed by atoms with Gasteiger partial charge in [0.15, 0.2) is 0 Å². The number of aliphatic hydroxyl groups is 1. The van der Waals surface area contributed by atoms with Gasteiger partial charge in [-0.15, -0.1) is 0 Å². The van der Waals surface area contributed by atoms with Crippen LogP contribution in [0.2, 0.25) is 0 Å². The van der Waals surface area contributed by atoms with E-state index in [-0.39, 0.29) is 6.10 Å². The van der Waals surface area contributed by atoms with Gasteiger partial charge in [-0.25, -0.2) is 0 Å². The minimum Gasteiger partial charge on any atom is -0.488 e. The van der Waals surface area contributed by atoms with Crippen molar-refractivity contribution in [2.45, 2.75) is 52.9 Å². The van der Waals surface area contributed by atoms with E-state index in [4.69, 9.17) is 4.74 Å². The van der Waals surface area contributed by atoms with Crippen LogP contribution in [-0.2, 0) is 6.54 Å². The second kappa shape index (κ2) is 7.16. The van der Waals surface area contributed by atoms with Crippen molar-refractivity contribution in [1.82, 2.24) is 4.57 Å². The zero-order chi connectivity index (χ0) is 18.9. The molecule has 3 rings (SSSR count). The van der Waals surface area contributed by atoms with Gasteiger partial charge in [0.2, 0.25) is 0 Å². The van der Waals surface area contributed by atoms with E-state index < -0.39 is 5.60 Å². The van der Waals surface area contributed by atoms with Crippen LogP contribution >= 0.6 is 0 Å². The molecule has 1 aromatic heterocycles. The van der Waals surface area contributed by atoms with E-state index in [1.165, 1.54) is 16.6 Å². The highest BCUT2D eigenvalue weighted by atomic mass is 16.5. The van der Waals surface area contributed by atoms with Gasteiger partial charge >= 0.3 is 0 Å². The summed E-state index contributed by atoms with van der Waals surface area (Å²) in [6.45, 7) is 10.8. The molecule has 1 heterocycles. The van der Waals surface area contributed by atoms with Crippen molar-refractivity contribution < 1.29 is 9.84 Å². The highest BCUT2D eigenvalue weighted by Gasteiger charge is 2.24. The molecule has 2 aromatic carbocycles. The van der Waals surface area contributed by atoms with Gasteiger partial charge in [0, 0.05) is 23.7 Å².